The van der Waals surface area contributed by atoms with Crippen LogP contribution in [0.3, 0.4) is 0 Å². The number of fused-ring (bicyclic) bond motifs is 1. The van der Waals surface area contributed by atoms with Crippen LogP contribution >= 0.6 is 0 Å². The van der Waals surface area contributed by atoms with Crippen molar-refractivity contribution in [1.29, 1.82) is 0 Å². The van der Waals surface area contributed by atoms with E-state index in [0.717, 1.165) is 6.54 Å². The van der Waals surface area contributed by atoms with Gasteiger partial charge >= 0.3 is 0 Å². The van der Waals surface area contributed by atoms with Gasteiger partial charge in [-0.05, 0) is 37.0 Å². The summed E-state index contributed by atoms with van der Waals surface area (Å²) in [6, 6.07) is 6.87. The predicted octanol–water partition coefficient (Wildman–Crippen LogP) is 2.25. The Balaban J connectivity index is 1.91. The lowest BCUT2D eigenvalue weighted by Gasteiger charge is -2.18. The summed E-state index contributed by atoms with van der Waals surface area (Å²) in [5.74, 6) is 0. The average Bonchev–Trinajstić information content (AvgIpc) is 2.88. The first-order chi connectivity index (χ1) is 6.93. The van der Waals surface area contributed by atoms with Crippen molar-refractivity contribution < 1.29 is 0 Å². The van der Waals surface area contributed by atoms with E-state index >= 15 is 0 Å². The second kappa shape index (κ2) is 3.19. The van der Waals surface area contributed by atoms with Crippen LogP contribution in [0.15, 0.2) is 18.2 Å². The van der Waals surface area contributed by atoms with Crippen molar-refractivity contribution >= 4 is 11.4 Å². The van der Waals surface area contributed by atoms with Crippen LogP contribution in [0, 0.1) is 0 Å². The lowest BCUT2D eigenvalue weighted by atomic mass is 10.1. The third kappa shape index (κ3) is 1.26. The molecule has 0 atom stereocenters. The first kappa shape index (κ1) is 8.16. The summed E-state index contributed by atoms with van der Waals surface area (Å²) in [6.45, 7) is 3.58. The summed E-state index contributed by atoms with van der Waals surface area (Å²) >= 11 is 0. The number of benzene rings is 1. The van der Waals surface area contributed by atoms with Crippen molar-refractivity contribution in [3.8, 4) is 0 Å². The topological polar surface area (TPSA) is 15.3 Å². The van der Waals surface area contributed by atoms with Crippen LogP contribution in [-0.4, -0.2) is 19.6 Å². The molecule has 0 spiro atoms. The van der Waals surface area contributed by atoms with Crippen molar-refractivity contribution in [2.75, 3.05) is 29.9 Å². The van der Waals surface area contributed by atoms with Crippen LogP contribution in [0.4, 0.5) is 11.4 Å². The number of anilines is 2. The minimum atomic E-state index is 1.11. The zero-order chi connectivity index (χ0) is 9.38. The summed E-state index contributed by atoms with van der Waals surface area (Å²) in [5.41, 5.74) is 4.23. The van der Waals surface area contributed by atoms with Crippen molar-refractivity contribution in [2.45, 2.75) is 19.3 Å². The van der Waals surface area contributed by atoms with E-state index in [4.69, 9.17) is 0 Å². The Morgan fingerprint density at radius 1 is 1.14 bits per heavy atom. The Morgan fingerprint density at radius 3 is 2.86 bits per heavy atom. The summed E-state index contributed by atoms with van der Waals surface area (Å²) in [4.78, 5) is 2.49. The standard InChI is InChI=1S/C12H16N2/c1-2-8-14(7-1)11-4-3-10-5-6-13-12(10)9-11/h3-4,9,13H,1-2,5-8H2. The number of nitrogens with zero attached hydrogens (tertiary/aromatic N) is 1. The smallest absolute Gasteiger partial charge is 0.0394 e. The van der Waals surface area contributed by atoms with Gasteiger partial charge in [0.25, 0.3) is 0 Å². The summed E-state index contributed by atoms with van der Waals surface area (Å²) in [7, 11) is 0. The largest absolute Gasteiger partial charge is 0.384 e. The van der Waals surface area contributed by atoms with E-state index in [1.807, 2.05) is 0 Å². The quantitative estimate of drug-likeness (QED) is 0.727. The molecule has 0 radical (unpaired) electrons. The monoisotopic (exact) mass is 188 g/mol. The van der Waals surface area contributed by atoms with E-state index in [2.05, 4.69) is 28.4 Å². The molecule has 2 heterocycles. The lowest BCUT2D eigenvalue weighted by Crippen LogP contribution is -2.17. The molecule has 74 valence electrons. The SMILES string of the molecule is c1cc2c(cc1N1CCCC1)NCC2. The lowest BCUT2D eigenvalue weighted by molar-refractivity contribution is 0.949. The molecule has 0 amide bonds. The van der Waals surface area contributed by atoms with E-state index < -0.39 is 0 Å². The van der Waals surface area contributed by atoms with Crippen LogP contribution < -0.4 is 10.2 Å². The molecule has 1 fully saturated rings. The second-order valence-electron chi connectivity index (χ2n) is 4.21. The number of nitrogens with one attached hydrogen (secondary N) is 1. The van der Waals surface area contributed by atoms with Crippen molar-refractivity contribution in [3.63, 3.8) is 0 Å². The third-order valence-corrected chi connectivity index (χ3v) is 3.27. The minimum absolute atomic E-state index is 1.11. The molecule has 0 unspecified atom stereocenters. The number of hydrogen-bond donors (Lipinski definition) is 1. The van der Waals surface area contributed by atoms with Gasteiger partial charge in [0.2, 0.25) is 0 Å². The van der Waals surface area contributed by atoms with Crippen molar-refractivity contribution in [3.05, 3.63) is 23.8 Å². The van der Waals surface area contributed by atoms with Gasteiger partial charge in [0.05, 0.1) is 0 Å². The second-order valence-corrected chi connectivity index (χ2v) is 4.21. The van der Waals surface area contributed by atoms with Crippen molar-refractivity contribution in [2.24, 2.45) is 0 Å². The molecule has 1 aromatic rings. The van der Waals surface area contributed by atoms with Gasteiger partial charge in [0, 0.05) is 31.0 Å². The van der Waals surface area contributed by atoms with E-state index in [1.54, 1.807) is 0 Å². The third-order valence-electron chi connectivity index (χ3n) is 3.27. The number of hydrogen-bond acceptors (Lipinski definition) is 2. The zero-order valence-electron chi connectivity index (χ0n) is 8.42. The first-order valence-electron chi connectivity index (χ1n) is 5.55. The normalized spacial score (nSPS) is 19.6. The molecule has 2 aliphatic heterocycles. The van der Waals surface area contributed by atoms with Crippen LogP contribution in [-0.2, 0) is 6.42 Å². The molecule has 0 aliphatic carbocycles. The Morgan fingerprint density at radius 2 is 2.00 bits per heavy atom. The maximum atomic E-state index is 3.44. The van der Waals surface area contributed by atoms with Gasteiger partial charge < -0.3 is 10.2 Å². The Hall–Kier alpha value is -1.18. The Bertz CT molecular complexity index is 340. The van der Waals surface area contributed by atoms with Crippen LogP contribution in [0.25, 0.3) is 0 Å². The molecule has 14 heavy (non-hydrogen) atoms. The van der Waals surface area contributed by atoms with Gasteiger partial charge in [0.1, 0.15) is 0 Å². The molecule has 2 nitrogen and oxygen atoms in total. The first-order valence-corrected chi connectivity index (χ1v) is 5.55. The van der Waals surface area contributed by atoms with Gasteiger partial charge in [-0.3, -0.25) is 0 Å². The van der Waals surface area contributed by atoms with Gasteiger partial charge in [0.15, 0.2) is 0 Å². The van der Waals surface area contributed by atoms with E-state index in [0.29, 0.717) is 0 Å². The zero-order valence-corrected chi connectivity index (χ0v) is 8.42. The van der Waals surface area contributed by atoms with E-state index in [1.165, 1.54) is 49.3 Å². The molecule has 0 saturated carbocycles. The maximum absolute atomic E-state index is 3.44. The molecule has 1 saturated heterocycles. The molecule has 2 heteroatoms. The van der Waals surface area contributed by atoms with E-state index in [9.17, 15) is 0 Å². The van der Waals surface area contributed by atoms with Gasteiger partial charge in [-0.25, -0.2) is 0 Å². The molecule has 0 aromatic heterocycles. The fourth-order valence-corrected chi connectivity index (χ4v) is 2.45. The Kier molecular flexibility index (Phi) is 1.86. The molecular weight excluding hydrogens is 172 g/mol. The fraction of sp³-hybridized carbons (Fsp3) is 0.500. The number of rotatable bonds is 1. The molecule has 2 aliphatic rings. The average molecular weight is 188 g/mol. The van der Waals surface area contributed by atoms with Crippen LogP contribution in [0.2, 0.25) is 0 Å². The van der Waals surface area contributed by atoms with Gasteiger partial charge in [-0.1, -0.05) is 6.07 Å². The van der Waals surface area contributed by atoms with Gasteiger partial charge in [-0.15, -0.1) is 0 Å². The molecule has 3 rings (SSSR count). The highest BCUT2D eigenvalue weighted by molar-refractivity contribution is 5.65. The Labute approximate surface area is 84.9 Å². The van der Waals surface area contributed by atoms with Gasteiger partial charge in [-0.2, -0.15) is 0 Å². The maximum Gasteiger partial charge on any atom is 0.0394 e. The van der Waals surface area contributed by atoms with Crippen molar-refractivity contribution in [1.82, 2.24) is 0 Å². The fourth-order valence-electron chi connectivity index (χ4n) is 2.45. The van der Waals surface area contributed by atoms with E-state index in [-0.39, 0.29) is 0 Å². The predicted molar refractivity (Wildman–Crippen MR) is 60.1 cm³/mol. The summed E-state index contributed by atoms with van der Waals surface area (Å²) < 4.78 is 0. The summed E-state index contributed by atoms with van der Waals surface area (Å²) in [6.07, 6.45) is 3.89. The highest BCUT2D eigenvalue weighted by atomic mass is 15.1. The van der Waals surface area contributed by atoms with Crippen LogP contribution in [0.1, 0.15) is 18.4 Å². The summed E-state index contributed by atoms with van der Waals surface area (Å²) in [5, 5.41) is 3.44. The molecule has 1 N–H and O–H groups in total. The van der Waals surface area contributed by atoms with Crippen LogP contribution in [0.5, 0.6) is 0 Å². The highest BCUT2D eigenvalue weighted by Crippen LogP contribution is 2.29. The minimum Gasteiger partial charge on any atom is -0.384 e. The molecule has 0 bridgehead atoms. The molecule has 1 aromatic carbocycles. The highest BCUT2D eigenvalue weighted by Gasteiger charge is 2.15. The molecular formula is C12H16N2.